The molecule has 0 aliphatic carbocycles. The van der Waals surface area contributed by atoms with E-state index in [1.165, 1.54) is 6.07 Å². The van der Waals surface area contributed by atoms with Gasteiger partial charge in [0.1, 0.15) is 0 Å². The second-order valence-electron chi connectivity index (χ2n) is 4.35. The number of amides is 1. The fourth-order valence-corrected chi connectivity index (χ4v) is 2.49. The topological polar surface area (TPSA) is 55.4 Å². The van der Waals surface area contributed by atoms with Crippen LogP contribution in [-0.4, -0.2) is 18.5 Å². The highest BCUT2D eigenvalue weighted by Gasteiger charge is 2.13. The average Bonchev–Trinajstić information content (AvgIpc) is 2.49. The van der Waals surface area contributed by atoms with Gasteiger partial charge in [-0.05, 0) is 53.2 Å². The van der Waals surface area contributed by atoms with Gasteiger partial charge in [-0.15, -0.1) is 0 Å². The standard InChI is InChI=1S/C16H13BrClNO3/c1-2-22-16(21)10-7-8-14(13(18)9-10)19-15(20)11-5-3-4-6-12(11)17/h3-9H,2H2,1H3,(H,19,20). The third kappa shape index (κ3) is 3.87. The second kappa shape index (κ2) is 7.42. The molecule has 6 heteroatoms. The number of esters is 1. The van der Waals surface area contributed by atoms with Gasteiger partial charge in [-0.3, -0.25) is 4.79 Å². The van der Waals surface area contributed by atoms with Crippen LogP contribution in [0.4, 0.5) is 5.69 Å². The van der Waals surface area contributed by atoms with Crippen molar-refractivity contribution in [3.05, 3.63) is 63.1 Å². The summed E-state index contributed by atoms with van der Waals surface area (Å²) in [5.74, 6) is -0.744. The number of hydrogen-bond donors (Lipinski definition) is 1. The first-order valence-electron chi connectivity index (χ1n) is 6.55. The minimum Gasteiger partial charge on any atom is -0.462 e. The van der Waals surface area contributed by atoms with Crippen LogP contribution < -0.4 is 5.32 Å². The van der Waals surface area contributed by atoms with Crippen LogP contribution in [0, 0.1) is 0 Å². The van der Waals surface area contributed by atoms with Crippen molar-refractivity contribution in [2.45, 2.75) is 6.92 Å². The fraction of sp³-hybridized carbons (Fsp3) is 0.125. The zero-order valence-corrected chi connectivity index (χ0v) is 14.1. The zero-order chi connectivity index (χ0) is 16.1. The lowest BCUT2D eigenvalue weighted by Crippen LogP contribution is -2.13. The maximum Gasteiger partial charge on any atom is 0.338 e. The second-order valence-corrected chi connectivity index (χ2v) is 5.61. The number of carbonyl (C=O) groups excluding carboxylic acids is 2. The van der Waals surface area contributed by atoms with E-state index in [4.69, 9.17) is 16.3 Å². The van der Waals surface area contributed by atoms with E-state index in [1.54, 1.807) is 37.3 Å². The highest BCUT2D eigenvalue weighted by molar-refractivity contribution is 9.10. The van der Waals surface area contributed by atoms with Gasteiger partial charge in [0.05, 0.1) is 28.4 Å². The van der Waals surface area contributed by atoms with Crippen LogP contribution in [-0.2, 0) is 4.74 Å². The lowest BCUT2D eigenvalue weighted by Gasteiger charge is -2.10. The number of halogens is 2. The summed E-state index contributed by atoms with van der Waals surface area (Å²) in [4.78, 5) is 23.8. The van der Waals surface area contributed by atoms with Gasteiger partial charge in [0.2, 0.25) is 0 Å². The molecule has 4 nitrogen and oxygen atoms in total. The predicted molar refractivity (Wildman–Crippen MR) is 89.5 cm³/mol. The molecule has 0 bridgehead atoms. The summed E-state index contributed by atoms with van der Waals surface area (Å²) in [5.41, 5.74) is 1.26. The molecule has 1 N–H and O–H groups in total. The summed E-state index contributed by atoms with van der Waals surface area (Å²) >= 11 is 9.43. The first-order chi connectivity index (χ1) is 10.5. The third-order valence-electron chi connectivity index (χ3n) is 2.85. The Balaban J connectivity index is 2.19. The molecule has 0 aliphatic rings. The molecule has 0 spiro atoms. The van der Waals surface area contributed by atoms with E-state index in [-0.39, 0.29) is 17.5 Å². The molecule has 0 saturated heterocycles. The van der Waals surface area contributed by atoms with E-state index in [9.17, 15) is 9.59 Å². The van der Waals surface area contributed by atoms with Crippen LogP contribution in [0.3, 0.4) is 0 Å². The Hall–Kier alpha value is -1.85. The number of rotatable bonds is 4. The summed E-state index contributed by atoms with van der Waals surface area (Å²) in [6.07, 6.45) is 0. The number of benzene rings is 2. The van der Waals surface area contributed by atoms with E-state index in [2.05, 4.69) is 21.2 Å². The summed E-state index contributed by atoms with van der Waals surface area (Å²) in [6.45, 7) is 2.02. The maximum absolute atomic E-state index is 12.2. The SMILES string of the molecule is CCOC(=O)c1ccc(NC(=O)c2ccccc2Br)c(Cl)c1. The molecule has 0 unspecified atom stereocenters. The van der Waals surface area contributed by atoms with Gasteiger partial charge in [0.25, 0.3) is 5.91 Å². The van der Waals surface area contributed by atoms with E-state index >= 15 is 0 Å². The van der Waals surface area contributed by atoms with Crippen LogP contribution in [0.15, 0.2) is 46.9 Å². The average molecular weight is 383 g/mol. The van der Waals surface area contributed by atoms with E-state index < -0.39 is 5.97 Å². The van der Waals surface area contributed by atoms with Gasteiger partial charge in [0, 0.05) is 4.47 Å². The smallest absolute Gasteiger partial charge is 0.338 e. The van der Waals surface area contributed by atoms with Crippen molar-refractivity contribution in [2.75, 3.05) is 11.9 Å². The molecule has 0 radical (unpaired) electrons. The van der Waals surface area contributed by atoms with Crippen molar-refractivity contribution in [1.29, 1.82) is 0 Å². The monoisotopic (exact) mass is 381 g/mol. The van der Waals surface area contributed by atoms with Crippen molar-refractivity contribution in [1.82, 2.24) is 0 Å². The van der Waals surface area contributed by atoms with Crippen LogP contribution in [0.5, 0.6) is 0 Å². The first-order valence-corrected chi connectivity index (χ1v) is 7.72. The molecule has 2 aromatic rings. The largest absolute Gasteiger partial charge is 0.462 e. The summed E-state index contributed by atoms with van der Waals surface area (Å²) in [7, 11) is 0. The van der Waals surface area contributed by atoms with Gasteiger partial charge in [0.15, 0.2) is 0 Å². The van der Waals surface area contributed by atoms with Crippen LogP contribution in [0.2, 0.25) is 5.02 Å². The molecular formula is C16H13BrClNO3. The van der Waals surface area contributed by atoms with Gasteiger partial charge in [-0.25, -0.2) is 4.79 Å². The van der Waals surface area contributed by atoms with Crippen molar-refractivity contribution < 1.29 is 14.3 Å². The Kier molecular flexibility index (Phi) is 5.57. The quantitative estimate of drug-likeness (QED) is 0.790. The number of carbonyl (C=O) groups is 2. The fourth-order valence-electron chi connectivity index (χ4n) is 1.79. The molecule has 0 saturated carbocycles. The maximum atomic E-state index is 12.2. The van der Waals surface area contributed by atoms with Crippen LogP contribution >= 0.6 is 27.5 Å². The molecule has 114 valence electrons. The van der Waals surface area contributed by atoms with Crippen molar-refractivity contribution in [3.8, 4) is 0 Å². The van der Waals surface area contributed by atoms with Crippen molar-refractivity contribution >= 4 is 45.1 Å². The number of hydrogen-bond acceptors (Lipinski definition) is 3. The molecule has 0 aromatic heterocycles. The zero-order valence-electron chi connectivity index (χ0n) is 11.7. The molecule has 0 heterocycles. The molecule has 2 rings (SSSR count). The summed E-state index contributed by atoms with van der Waals surface area (Å²) in [6, 6.07) is 11.7. The lowest BCUT2D eigenvalue weighted by atomic mass is 10.2. The Morgan fingerprint density at radius 3 is 2.59 bits per heavy atom. The van der Waals surface area contributed by atoms with Gasteiger partial charge < -0.3 is 10.1 Å². The number of nitrogens with one attached hydrogen (secondary N) is 1. The Labute approximate surface area is 141 Å². The minimum atomic E-state index is -0.451. The Bertz CT molecular complexity index is 718. The van der Waals surface area contributed by atoms with E-state index in [1.807, 2.05) is 6.07 Å². The summed E-state index contributed by atoms with van der Waals surface area (Å²) in [5, 5.41) is 2.98. The van der Waals surface area contributed by atoms with Crippen molar-refractivity contribution in [2.24, 2.45) is 0 Å². The van der Waals surface area contributed by atoms with Crippen molar-refractivity contribution in [3.63, 3.8) is 0 Å². The number of anilines is 1. The summed E-state index contributed by atoms with van der Waals surface area (Å²) < 4.78 is 5.58. The molecule has 2 aromatic carbocycles. The van der Waals surface area contributed by atoms with E-state index in [0.717, 1.165) is 0 Å². The Morgan fingerprint density at radius 2 is 1.95 bits per heavy atom. The van der Waals surface area contributed by atoms with Crippen LogP contribution in [0.1, 0.15) is 27.6 Å². The molecule has 1 amide bonds. The van der Waals surface area contributed by atoms with Gasteiger partial charge >= 0.3 is 5.97 Å². The normalized spacial score (nSPS) is 10.1. The Morgan fingerprint density at radius 1 is 1.23 bits per heavy atom. The van der Waals surface area contributed by atoms with E-state index in [0.29, 0.717) is 21.3 Å². The molecule has 22 heavy (non-hydrogen) atoms. The van der Waals surface area contributed by atoms with Gasteiger partial charge in [-0.1, -0.05) is 23.7 Å². The molecule has 0 atom stereocenters. The first kappa shape index (κ1) is 16.5. The lowest BCUT2D eigenvalue weighted by molar-refractivity contribution is 0.0526. The number of ether oxygens (including phenoxy) is 1. The highest BCUT2D eigenvalue weighted by atomic mass is 79.9. The third-order valence-corrected chi connectivity index (χ3v) is 3.85. The minimum absolute atomic E-state index is 0.269. The van der Waals surface area contributed by atoms with Crippen LogP contribution in [0.25, 0.3) is 0 Å². The molecule has 0 fully saturated rings. The molecular weight excluding hydrogens is 370 g/mol. The predicted octanol–water partition coefficient (Wildman–Crippen LogP) is 4.53. The highest BCUT2D eigenvalue weighted by Crippen LogP contribution is 2.25. The van der Waals surface area contributed by atoms with Gasteiger partial charge in [-0.2, -0.15) is 0 Å². The molecule has 0 aliphatic heterocycles.